The number of hydrogen-bond donors (Lipinski definition) is 2. The van der Waals surface area contributed by atoms with Crippen molar-refractivity contribution in [2.45, 2.75) is 37.1 Å². The molecule has 5 nitrogen and oxygen atoms in total. The number of anilines is 1. The first-order valence-corrected chi connectivity index (χ1v) is 9.56. The van der Waals surface area contributed by atoms with E-state index >= 15 is 0 Å². The number of hydrogen-bond acceptors (Lipinski definition) is 5. The van der Waals surface area contributed by atoms with Gasteiger partial charge in [-0.25, -0.2) is 4.31 Å². The lowest BCUT2D eigenvalue weighted by Crippen LogP contribution is -2.33. The fourth-order valence-corrected chi connectivity index (χ4v) is 4.39. The Bertz CT molecular complexity index is 575. The first kappa shape index (κ1) is 17.6. The van der Waals surface area contributed by atoms with Crippen LogP contribution in [-0.4, -0.2) is 49.6 Å². The quantitative estimate of drug-likeness (QED) is 0.801. The van der Waals surface area contributed by atoms with E-state index in [1.165, 1.54) is 6.42 Å². The Labute approximate surface area is 148 Å². The molecule has 1 aromatic rings. The zero-order valence-corrected chi connectivity index (χ0v) is 15.3. The summed E-state index contributed by atoms with van der Waals surface area (Å²) in [5.41, 5.74) is 1.79. The van der Waals surface area contributed by atoms with Crippen LogP contribution < -0.4 is 10.6 Å². The first-order chi connectivity index (χ1) is 11.7. The van der Waals surface area contributed by atoms with Crippen molar-refractivity contribution in [1.29, 1.82) is 0 Å². The Morgan fingerprint density at radius 3 is 2.75 bits per heavy atom. The normalized spacial score (nSPS) is 24.8. The Hall–Kier alpha value is -1.24. The number of carbonyl (C=O) groups is 1. The summed E-state index contributed by atoms with van der Waals surface area (Å²) in [4.78, 5) is 13.7. The molecule has 2 unspecified atom stereocenters. The fourth-order valence-electron chi connectivity index (χ4n) is 3.33. The number of nitrogens with one attached hydrogen (secondary N) is 2. The van der Waals surface area contributed by atoms with Crippen molar-refractivity contribution < 1.29 is 9.53 Å². The third-order valence-corrected chi connectivity index (χ3v) is 5.90. The number of nitrogens with zero attached hydrogens (tertiary/aromatic N) is 1. The summed E-state index contributed by atoms with van der Waals surface area (Å²) in [6.45, 7) is 5.60. The minimum atomic E-state index is 0.0422. The number of amides is 1. The second kappa shape index (κ2) is 8.23. The number of rotatable bonds is 5. The molecule has 1 aliphatic carbocycles. The van der Waals surface area contributed by atoms with E-state index in [4.69, 9.17) is 4.74 Å². The van der Waals surface area contributed by atoms with Gasteiger partial charge in [-0.05, 0) is 55.3 Å². The average molecular weight is 350 g/mol. The highest BCUT2D eigenvalue weighted by Gasteiger charge is 2.23. The van der Waals surface area contributed by atoms with Gasteiger partial charge in [0.15, 0.2) is 0 Å². The summed E-state index contributed by atoms with van der Waals surface area (Å²) in [6, 6.07) is 6.23. The summed E-state index contributed by atoms with van der Waals surface area (Å²) in [7, 11) is 1.92. The molecule has 0 spiro atoms. The monoisotopic (exact) mass is 349 g/mol. The molecule has 0 aromatic heterocycles. The van der Waals surface area contributed by atoms with Gasteiger partial charge in [-0.1, -0.05) is 6.92 Å². The molecule has 2 atom stereocenters. The molecule has 2 N–H and O–H groups in total. The highest BCUT2D eigenvalue weighted by atomic mass is 32.2. The van der Waals surface area contributed by atoms with Crippen molar-refractivity contribution in [3.05, 3.63) is 23.8 Å². The Kier molecular flexibility index (Phi) is 6.03. The second-order valence-electron chi connectivity index (χ2n) is 6.68. The highest BCUT2D eigenvalue weighted by molar-refractivity contribution is 7.97. The molecule has 0 bridgehead atoms. The minimum absolute atomic E-state index is 0.0422. The maximum atomic E-state index is 12.6. The Morgan fingerprint density at radius 1 is 1.29 bits per heavy atom. The Morgan fingerprint density at radius 2 is 2.08 bits per heavy atom. The minimum Gasteiger partial charge on any atom is -0.387 e. The van der Waals surface area contributed by atoms with Gasteiger partial charge in [0.25, 0.3) is 5.91 Å². The van der Waals surface area contributed by atoms with Crippen LogP contribution in [0.2, 0.25) is 0 Å². The summed E-state index contributed by atoms with van der Waals surface area (Å²) in [5.74, 6) is 0.759. The van der Waals surface area contributed by atoms with E-state index in [2.05, 4.69) is 21.9 Å². The number of carbonyl (C=O) groups excluding carboxylic acids is 1. The van der Waals surface area contributed by atoms with Crippen LogP contribution in [0.4, 0.5) is 5.69 Å². The van der Waals surface area contributed by atoms with Gasteiger partial charge in [0.1, 0.15) is 0 Å². The molecular formula is C18H27N3O2S. The van der Waals surface area contributed by atoms with Crippen molar-refractivity contribution >= 4 is 23.5 Å². The van der Waals surface area contributed by atoms with Crippen molar-refractivity contribution in [2.75, 3.05) is 38.7 Å². The van der Waals surface area contributed by atoms with Crippen LogP contribution in [0.15, 0.2) is 23.1 Å². The van der Waals surface area contributed by atoms with E-state index in [9.17, 15) is 4.79 Å². The predicted octanol–water partition coefficient (Wildman–Crippen LogP) is 2.99. The van der Waals surface area contributed by atoms with Crippen molar-refractivity contribution in [3.63, 3.8) is 0 Å². The van der Waals surface area contributed by atoms with E-state index in [1.807, 2.05) is 25.2 Å². The van der Waals surface area contributed by atoms with Gasteiger partial charge in [0.2, 0.25) is 0 Å². The Balaban J connectivity index is 1.69. The van der Waals surface area contributed by atoms with E-state index in [0.29, 0.717) is 6.04 Å². The lowest BCUT2D eigenvalue weighted by atomic mass is 10.1. The van der Waals surface area contributed by atoms with Gasteiger partial charge in [-0.15, -0.1) is 0 Å². The standard InChI is InChI=1S/C18H27N3O2S/c1-13-3-5-15(11-13)20-18(22)14-4-6-16(19-2)17(12-14)24-21-7-9-23-10-8-21/h4,6,12-13,15,19H,3,5,7-11H2,1-2H3,(H,20,22). The molecule has 2 fully saturated rings. The maximum absolute atomic E-state index is 12.6. The van der Waals surface area contributed by atoms with Gasteiger partial charge in [-0.3, -0.25) is 4.79 Å². The number of ether oxygens (including phenoxy) is 1. The van der Waals surface area contributed by atoms with Crippen LogP contribution in [0.25, 0.3) is 0 Å². The predicted molar refractivity (Wildman–Crippen MR) is 98.5 cm³/mol. The molecule has 3 rings (SSSR count). The molecule has 1 saturated carbocycles. The van der Waals surface area contributed by atoms with Crippen molar-refractivity contribution in [3.8, 4) is 0 Å². The number of morpholine rings is 1. The summed E-state index contributed by atoms with van der Waals surface area (Å²) >= 11 is 1.70. The zero-order valence-electron chi connectivity index (χ0n) is 14.5. The SMILES string of the molecule is CNc1ccc(C(=O)NC2CCC(C)C2)cc1SN1CCOCC1. The molecule has 6 heteroatoms. The molecule has 1 saturated heterocycles. The number of benzene rings is 1. The molecule has 132 valence electrons. The van der Waals surface area contributed by atoms with Gasteiger partial charge < -0.3 is 15.4 Å². The zero-order chi connectivity index (χ0) is 16.9. The topological polar surface area (TPSA) is 53.6 Å². The second-order valence-corrected chi connectivity index (χ2v) is 7.82. The fraction of sp³-hybridized carbons (Fsp3) is 0.611. The molecule has 1 heterocycles. The third-order valence-electron chi connectivity index (χ3n) is 4.74. The van der Waals surface area contributed by atoms with Gasteiger partial charge in [0, 0.05) is 42.3 Å². The van der Waals surface area contributed by atoms with Crippen LogP contribution in [0.3, 0.4) is 0 Å². The van der Waals surface area contributed by atoms with Crippen LogP contribution in [0.5, 0.6) is 0 Å². The van der Waals surface area contributed by atoms with Crippen molar-refractivity contribution in [1.82, 2.24) is 9.62 Å². The summed E-state index contributed by atoms with van der Waals surface area (Å²) < 4.78 is 7.70. The van der Waals surface area contributed by atoms with E-state index in [1.54, 1.807) is 11.9 Å². The van der Waals surface area contributed by atoms with Crippen molar-refractivity contribution in [2.24, 2.45) is 5.92 Å². The van der Waals surface area contributed by atoms with Crippen LogP contribution in [-0.2, 0) is 4.74 Å². The van der Waals surface area contributed by atoms with Crippen LogP contribution in [0, 0.1) is 5.92 Å². The van der Waals surface area contributed by atoms with E-state index in [0.717, 1.165) is 61.2 Å². The van der Waals surface area contributed by atoms with E-state index in [-0.39, 0.29) is 5.91 Å². The van der Waals surface area contributed by atoms with Gasteiger partial charge in [0.05, 0.1) is 13.2 Å². The van der Waals surface area contributed by atoms with Gasteiger partial charge >= 0.3 is 0 Å². The lowest BCUT2D eigenvalue weighted by molar-refractivity contribution is 0.0773. The van der Waals surface area contributed by atoms with Gasteiger partial charge in [-0.2, -0.15) is 0 Å². The highest BCUT2D eigenvalue weighted by Crippen LogP contribution is 2.32. The van der Waals surface area contributed by atoms with E-state index < -0.39 is 0 Å². The smallest absolute Gasteiger partial charge is 0.251 e. The third kappa shape index (κ3) is 4.43. The molecule has 1 aromatic carbocycles. The largest absolute Gasteiger partial charge is 0.387 e. The van der Waals surface area contributed by atoms with Crippen LogP contribution in [0.1, 0.15) is 36.5 Å². The average Bonchev–Trinajstić information content (AvgIpc) is 3.00. The first-order valence-electron chi connectivity index (χ1n) is 8.79. The lowest BCUT2D eigenvalue weighted by Gasteiger charge is -2.26. The maximum Gasteiger partial charge on any atom is 0.251 e. The molecule has 2 aliphatic rings. The molecule has 24 heavy (non-hydrogen) atoms. The summed E-state index contributed by atoms with van der Waals surface area (Å²) in [5, 5.41) is 6.41. The van der Waals surface area contributed by atoms with Crippen LogP contribution >= 0.6 is 11.9 Å². The molecule has 0 radical (unpaired) electrons. The molecular weight excluding hydrogens is 322 g/mol. The summed E-state index contributed by atoms with van der Waals surface area (Å²) in [6.07, 6.45) is 3.40. The molecule has 1 aliphatic heterocycles. The molecule has 1 amide bonds.